The monoisotopic (exact) mass is 342 g/mol. The van der Waals surface area contributed by atoms with Crippen molar-refractivity contribution in [2.75, 3.05) is 20.7 Å². The Kier molecular flexibility index (Phi) is 7.16. The molecule has 0 heterocycles. The third kappa shape index (κ3) is 6.67. The van der Waals surface area contributed by atoms with Crippen molar-refractivity contribution in [2.24, 2.45) is 5.41 Å². The highest BCUT2D eigenvalue weighted by atomic mass is 35.5. The number of carbonyl (C=O) groups is 1. The first-order valence-corrected chi connectivity index (χ1v) is 8.02. The van der Waals surface area contributed by atoms with Crippen LogP contribution in [0.5, 0.6) is 5.75 Å². The Balaban J connectivity index is 2.63. The van der Waals surface area contributed by atoms with Gasteiger partial charge in [-0.3, -0.25) is 0 Å². The summed E-state index contributed by atoms with van der Waals surface area (Å²) in [5.41, 5.74) is 0.680. The lowest BCUT2D eigenvalue weighted by Gasteiger charge is -2.28. The third-order valence-corrected chi connectivity index (χ3v) is 3.80. The number of hydrogen-bond acceptors (Lipinski definition) is 3. The van der Waals surface area contributed by atoms with Gasteiger partial charge in [0.1, 0.15) is 5.75 Å². The molecule has 0 aliphatic carbocycles. The molecule has 23 heavy (non-hydrogen) atoms. The molecular formula is C17H27ClN2O3. The van der Waals surface area contributed by atoms with Crippen LogP contribution in [0.1, 0.15) is 32.8 Å². The van der Waals surface area contributed by atoms with Gasteiger partial charge in [0.05, 0.1) is 19.8 Å². The van der Waals surface area contributed by atoms with Crippen molar-refractivity contribution in [1.82, 2.24) is 10.2 Å². The van der Waals surface area contributed by atoms with Crippen LogP contribution in [0.3, 0.4) is 0 Å². The van der Waals surface area contributed by atoms with Crippen LogP contribution in [-0.4, -0.2) is 42.8 Å². The standard InChI is InChI=1S/C17H27ClN2O3/c1-12(21)9-17(2,3)11-19-16(22)20(4)10-13-8-14(18)6-7-15(13)23-5/h6-8,12,21H,9-11H2,1-5H3,(H,19,22). The van der Waals surface area contributed by atoms with Gasteiger partial charge in [0.2, 0.25) is 0 Å². The van der Waals surface area contributed by atoms with Crippen molar-refractivity contribution in [3.63, 3.8) is 0 Å². The van der Waals surface area contributed by atoms with Gasteiger partial charge in [-0.1, -0.05) is 25.4 Å². The van der Waals surface area contributed by atoms with Crippen LogP contribution in [0.2, 0.25) is 5.02 Å². The van der Waals surface area contributed by atoms with E-state index in [-0.39, 0.29) is 11.4 Å². The summed E-state index contributed by atoms with van der Waals surface area (Å²) in [5, 5.41) is 13.0. The van der Waals surface area contributed by atoms with Gasteiger partial charge in [-0.05, 0) is 37.0 Å². The number of carbonyl (C=O) groups excluding carboxylic acids is 1. The average Bonchev–Trinajstić information content (AvgIpc) is 2.43. The number of halogens is 1. The lowest BCUT2D eigenvalue weighted by molar-refractivity contribution is 0.127. The lowest BCUT2D eigenvalue weighted by Crippen LogP contribution is -2.42. The van der Waals surface area contributed by atoms with E-state index in [0.29, 0.717) is 30.3 Å². The summed E-state index contributed by atoms with van der Waals surface area (Å²) in [4.78, 5) is 13.8. The van der Waals surface area contributed by atoms with Crippen LogP contribution >= 0.6 is 11.6 Å². The molecule has 0 radical (unpaired) electrons. The minimum absolute atomic E-state index is 0.168. The van der Waals surface area contributed by atoms with E-state index >= 15 is 0 Å². The molecule has 1 aromatic rings. The number of rotatable bonds is 7. The quantitative estimate of drug-likeness (QED) is 0.799. The summed E-state index contributed by atoms with van der Waals surface area (Å²) >= 11 is 6.01. The van der Waals surface area contributed by atoms with Gasteiger partial charge in [0, 0.05) is 24.2 Å². The minimum atomic E-state index is -0.393. The maximum absolute atomic E-state index is 12.2. The Morgan fingerprint density at radius 3 is 2.70 bits per heavy atom. The largest absolute Gasteiger partial charge is 0.496 e. The molecule has 0 fully saturated rings. The predicted octanol–water partition coefficient (Wildman–Crippen LogP) is 3.29. The Bertz CT molecular complexity index is 533. The van der Waals surface area contributed by atoms with Crippen LogP contribution in [0.25, 0.3) is 0 Å². The molecular weight excluding hydrogens is 316 g/mol. The molecule has 0 aliphatic heterocycles. The zero-order valence-corrected chi connectivity index (χ0v) is 15.3. The van der Waals surface area contributed by atoms with Crippen LogP contribution in [0.15, 0.2) is 18.2 Å². The normalized spacial score (nSPS) is 12.7. The molecule has 130 valence electrons. The first-order chi connectivity index (χ1) is 10.6. The van der Waals surface area contributed by atoms with Crippen LogP contribution in [0.4, 0.5) is 4.79 Å². The van der Waals surface area contributed by atoms with E-state index in [1.807, 2.05) is 13.8 Å². The Morgan fingerprint density at radius 2 is 2.13 bits per heavy atom. The van der Waals surface area contributed by atoms with Gasteiger partial charge < -0.3 is 20.1 Å². The predicted molar refractivity (Wildman–Crippen MR) is 92.9 cm³/mol. The molecule has 0 saturated heterocycles. The van der Waals surface area contributed by atoms with E-state index in [0.717, 1.165) is 5.56 Å². The van der Waals surface area contributed by atoms with Crippen molar-refractivity contribution in [3.8, 4) is 5.75 Å². The van der Waals surface area contributed by atoms with Gasteiger partial charge in [-0.25, -0.2) is 4.79 Å². The summed E-state index contributed by atoms with van der Waals surface area (Å²) in [6.45, 7) is 6.67. The molecule has 0 spiro atoms. The fourth-order valence-electron chi connectivity index (χ4n) is 2.52. The van der Waals surface area contributed by atoms with Gasteiger partial charge >= 0.3 is 6.03 Å². The number of nitrogens with zero attached hydrogens (tertiary/aromatic N) is 1. The molecule has 0 aliphatic rings. The van der Waals surface area contributed by atoms with E-state index in [1.165, 1.54) is 0 Å². The van der Waals surface area contributed by atoms with Gasteiger partial charge in [-0.2, -0.15) is 0 Å². The molecule has 5 nitrogen and oxygen atoms in total. The van der Waals surface area contributed by atoms with E-state index < -0.39 is 6.10 Å². The highest BCUT2D eigenvalue weighted by Gasteiger charge is 2.22. The minimum Gasteiger partial charge on any atom is -0.496 e. The van der Waals surface area contributed by atoms with Crippen LogP contribution in [0, 0.1) is 5.41 Å². The van der Waals surface area contributed by atoms with Gasteiger partial charge in [-0.15, -0.1) is 0 Å². The summed E-state index contributed by atoms with van der Waals surface area (Å²) in [7, 11) is 3.31. The summed E-state index contributed by atoms with van der Waals surface area (Å²) in [6, 6.07) is 5.16. The van der Waals surface area contributed by atoms with Crippen molar-refractivity contribution >= 4 is 17.6 Å². The van der Waals surface area contributed by atoms with Crippen molar-refractivity contribution in [3.05, 3.63) is 28.8 Å². The molecule has 0 aromatic heterocycles. The second-order valence-corrected chi connectivity index (χ2v) is 7.12. The number of benzene rings is 1. The Labute approximate surface area is 143 Å². The smallest absolute Gasteiger partial charge is 0.317 e. The number of methoxy groups -OCH3 is 1. The number of aliphatic hydroxyl groups is 1. The maximum Gasteiger partial charge on any atom is 0.317 e. The molecule has 0 saturated carbocycles. The number of nitrogens with one attached hydrogen (secondary N) is 1. The Morgan fingerprint density at radius 1 is 1.48 bits per heavy atom. The number of urea groups is 1. The summed E-state index contributed by atoms with van der Waals surface area (Å²) < 4.78 is 5.29. The molecule has 1 rings (SSSR count). The van der Waals surface area contributed by atoms with Crippen molar-refractivity contribution < 1.29 is 14.6 Å². The molecule has 1 atom stereocenters. The fourth-order valence-corrected chi connectivity index (χ4v) is 2.71. The topological polar surface area (TPSA) is 61.8 Å². The molecule has 6 heteroatoms. The highest BCUT2D eigenvalue weighted by Crippen LogP contribution is 2.24. The highest BCUT2D eigenvalue weighted by molar-refractivity contribution is 6.30. The zero-order chi connectivity index (χ0) is 17.6. The van der Waals surface area contributed by atoms with E-state index in [4.69, 9.17) is 16.3 Å². The summed E-state index contributed by atoms with van der Waals surface area (Å²) in [6.07, 6.45) is 0.231. The van der Waals surface area contributed by atoms with Gasteiger partial charge in [0.25, 0.3) is 0 Å². The number of amides is 2. The first kappa shape index (κ1) is 19.6. The molecule has 0 bridgehead atoms. The molecule has 1 unspecified atom stereocenters. The maximum atomic E-state index is 12.2. The van der Waals surface area contributed by atoms with Crippen molar-refractivity contribution in [1.29, 1.82) is 0 Å². The van der Waals surface area contributed by atoms with E-state index in [9.17, 15) is 9.90 Å². The third-order valence-electron chi connectivity index (χ3n) is 3.56. The Hall–Kier alpha value is -1.46. The van der Waals surface area contributed by atoms with Crippen LogP contribution in [-0.2, 0) is 6.54 Å². The lowest BCUT2D eigenvalue weighted by atomic mass is 9.87. The first-order valence-electron chi connectivity index (χ1n) is 7.64. The van der Waals surface area contributed by atoms with Gasteiger partial charge in [0.15, 0.2) is 0 Å². The zero-order valence-electron chi connectivity index (χ0n) is 14.5. The molecule has 2 N–H and O–H groups in total. The second kappa shape index (κ2) is 8.41. The average molecular weight is 343 g/mol. The number of hydrogen-bond donors (Lipinski definition) is 2. The SMILES string of the molecule is COc1ccc(Cl)cc1CN(C)C(=O)NCC(C)(C)CC(C)O. The van der Waals surface area contributed by atoms with E-state index in [1.54, 1.807) is 44.2 Å². The van der Waals surface area contributed by atoms with Crippen molar-refractivity contribution in [2.45, 2.75) is 39.8 Å². The second-order valence-electron chi connectivity index (χ2n) is 6.69. The number of aliphatic hydroxyl groups excluding tert-OH is 1. The summed E-state index contributed by atoms with van der Waals surface area (Å²) in [5.74, 6) is 0.698. The number of ether oxygens (including phenoxy) is 1. The molecule has 1 aromatic carbocycles. The van der Waals surface area contributed by atoms with E-state index in [2.05, 4.69) is 5.32 Å². The fraction of sp³-hybridized carbons (Fsp3) is 0.588. The molecule has 2 amide bonds. The van der Waals surface area contributed by atoms with Crippen LogP contribution < -0.4 is 10.1 Å².